The number of carbonyl (C=O) groups excluding carboxylic acids is 1. The summed E-state index contributed by atoms with van der Waals surface area (Å²) in [6.07, 6.45) is 0. The van der Waals surface area contributed by atoms with E-state index >= 15 is 0 Å². The Morgan fingerprint density at radius 1 is 1.09 bits per heavy atom. The third-order valence-corrected chi connectivity index (χ3v) is 7.32. The maximum atomic E-state index is 12.3. The number of nitrogens with zero attached hydrogens (tertiary/aromatic N) is 4. The third kappa shape index (κ3) is 3.82. The Kier molecular flexibility index (Phi) is 5.75. The van der Waals surface area contributed by atoms with Crippen molar-refractivity contribution in [2.45, 2.75) is 6.04 Å². The Morgan fingerprint density at radius 2 is 1.88 bits per heavy atom. The number of rotatable bonds is 4. The minimum Gasteiger partial charge on any atom is -0.494 e. The summed E-state index contributed by atoms with van der Waals surface area (Å²) >= 11 is 1.62. The summed E-state index contributed by atoms with van der Waals surface area (Å²) < 4.78 is 12.2. The van der Waals surface area contributed by atoms with Gasteiger partial charge in [0.2, 0.25) is 0 Å². The zero-order chi connectivity index (χ0) is 22.1. The molecule has 2 aliphatic heterocycles. The lowest BCUT2D eigenvalue weighted by molar-refractivity contribution is 0.123. The van der Waals surface area contributed by atoms with Crippen LogP contribution >= 0.6 is 11.3 Å². The van der Waals surface area contributed by atoms with Crippen LogP contribution in [-0.2, 0) is 4.74 Å². The van der Waals surface area contributed by atoms with Crippen molar-refractivity contribution in [2.75, 3.05) is 62.8 Å². The number of thiazole rings is 1. The molecule has 3 heterocycles. The van der Waals surface area contributed by atoms with E-state index in [1.54, 1.807) is 23.3 Å². The van der Waals surface area contributed by atoms with Crippen molar-refractivity contribution < 1.29 is 14.3 Å². The number of anilines is 2. The van der Waals surface area contributed by atoms with E-state index in [-0.39, 0.29) is 6.04 Å². The normalized spacial score (nSPS) is 19.4. The standard InChI is InChI=1S/C23H27N5O3S/c1-30-19-8-7-17(26-11-13-31-14-12-26)21-20(19)25-22(32-21)18-15-27(9-10-28(18)23(24)29)16-5-3-2-4-6-16/h2-8,18H,9-15H2,1H3,(H2,24,29). The largest absolute Gasteiger partial charge is 0.494 e. The fraction of sp³-hybridized carbons (Fsp3) is 0.391. The maximum absolute atomic E-state index is 12.3. The number of piperazine rings is 1. The molecule has 2 saturated heterocycles. The van der Waals surface area contributed by atoms with Crippen LogP contribution in [0.4, 0.5) is 16.2 Å². The van der Waals surface area contributed by atoms with Crippen molar-refractivity contribution in [3.63, 3.8) is 0 Å². The predicted octanol–water partition coefficient (Wildman–Crippen LogP) is 3.08. The number of carbonyl (C=O) groups is 1. The molecule has 8 nitrogen and oxygen atoms in total. The summed E-state index contributed by atoms with van der Waals surface area (Å²) in [6.45, 7) is 5.03. The molecule has 1 aromatic heterocycles. The molecular weight excluding hydrogens is 426 g/mol. The number of fused-ring (bicyclic) bond motifs is 1. The number of methoxy groups -OCH3 is 1. The van der Waals surface area contributed by atoms with Crippen LogP contribution < -0.4 is 20.3 Å². The zero-order valence-corrected chi connectivity index (χ0v) is 18.9. The zero-order valence-electron chi connectivity index (χ0n) is 18.1. The molecule has 2 N–H and O–H groups in total. The molecule has 0 bridgehead atoms. The molecule has 9 heteroatoms. The van der Waals surface area contributed by atoms with Crippen LogP contribution in [0.25, 0.3) is 10.2 Å². The first-order valence-electron chi connectivity index (χ1n) is 10.8. The highest BCUT2D eigenvalue weighted by Crippen LogP contribution is 2.41. The number of primary amides is 1. The number of aromatic nitrogens is 1. The number of para-hydroxylation sites is 1. The summed E-state index contributed by atoms with van der Waals surface area (Å²) in [7, 11) is 1.66. The van der Waals surface area contributed by atoms with Crippen molar-refractivity contribution in [1.82, 2.24) is 9.88 Å². The molecule has 32 heavy (non-hydrogen) atoms. The Hall–Kier alpha value is -3.04. The lowest BCUT2D eigenvalue weighted by Crippen LogP contribution is -2.52. The Bertz CT molecular complexity index is 1100. The molecule has 0 saturated carbocycles. The second kappa shape index (κ2) is 8.84. The number of hydrogen-bond acceptors (Lipinski definition) is 7. The monoisotopic (exact) mass is 453 g/mol. The second-order valence-electron chi connectivity index (χ2n) is 7.95. The van der Waals surface area contributed by atoms with Gasteiger partial charge in [-0.05, 0) is 24.3 Å². The lowest BCUT2D eigenvalue weighted by Gasteiger charge is -2.40. The molecule has 2 aliphatic rings. The van der Waals surface area contributed by atoms with Gasteiger partial charge in [-0.25, -0.2) is 9.78 Å². The molecule has 0 radical (unpaired) electrons. The van der Waals surface area contributed by atoms with E-state index in [9.17, 15) is 4.79 Å². The van der Waals surface area contributed by atoms with Crippen LogP contribution in [0.2, 0.25) is 0 Å². The van der Waals surface area contributed by atoms with Crippen LogP contribution in [0.1, 0.15) is 11.0 Å². The number of nitrogens with two attached hydrogens (primary N) is 1. The van der Waals surface area contributed by atoms with Crippen molar-refractivity contribution in [3.8, 4) is 5.75 Å². The summed E-state index contributed by atoms with van der Waals surface area (Å²) in [4.78, 5) is 23.6. The highest BCUT2D eigenvalue weighted by molar-refractivity contribution is 7.19. The molecule has 2 fully saturated rings. The number of morpholine rings is 1. The fourth-order valence-corrected chi connectivity index (χ4v) is 5.71. The minimum atomic E-state index is -0.415. The molecule has 2 amide bonds. The quantitative estimate of drug-likeness (QED) is 0.654. The highest BCUT2D eigenvalue weighted by Gasteiger charge is 2.34. The van der Waals surface area contributed by atoms with Gasteiger partial charge in [-0.1, -0.05) is 18.2 Å². The second-order valence-corrected chi connectivity index (χ2v) is 8.98. The number of amides is 2. The maximum Gasteiger partial charge on any atom is 0.315 e. The Labute approximate surface area is 191 Å². The first kappa shape index (κ1) is 20.8. The smallest absolute Gasteiger partial charge is 0.315 e. The van der Waals surface area contributed by atoms with Crippen molar-refractivity contribution in [3.05, 3.63) is 47.5 Å². The molecule has 2 aromatic carbocycles. The average Bonchev–Trinajstić information content (AvgIpc) is 3.29. The van der Waals surface area contributed by atoms with Gasteiger partial charge in [0.1, 0.15) is 22.3 Å². The van der Waals surface area contributed by atoms with E-state index in [4.69, 9.17) is 20.2 Å². The van der Waals surface area contributed by atoms with E-state index < -0.39 is 6.03 Å². The molecule has 5 rings (SSSR count). The van der Waals surface area contributed by atoms with Crippen LogP contribution in [0, 0.1) is 0 Å². The number of ether oxygens (including phenoxy) is 2. The molecule has 3 aromatic rings. The van der Waals surface area contributed by atoms with Gasteiger partial charge >= 0.3 is 6.03 Å². The van der Waals surface area contributed by atoms with Gasteiger partial charge in [0.25, 0.3) is 0 Å². The number of urea groups is 1. The summed E-state index contributed by atoms with van der Waals surface area (Å²) in [6, 6.07) is 13.7. The van der Waals surface area contributed by atoms with Crippen LogP contribution in [0.15, 0.2) is 42.5 Å². The van der Waals surface area contributed by atoms with E-state index in [1.807, 2.05) is 24.3 Å². The van der Waals surface area contributed by atoms with Crippen molar-refractivity contribution in [2.24, 2.45) is 5.73 Å². The molecule has 0 spiro atoms. The van der Waals surface area contributed by atoms with Crippen molar-refractivity contribution >= 4 is 39.0 Å². The van der Waals surface area contributed by atoms with Crippen LogP contribution in [0.5, 0.6) is 5.75 Å². The fourth-order valence-electron chi connectivity index (χ4n) is 4.48. The van der Waals surface area contributed by atoms with Gasteiger partial charge in [-0.15, -0.1) is 11.3 Å². The summed E-state index contributed by atoms with van der Waals surface area (Å²) in [5, 5.41) is 0.874. The first-order valence-corrected chi connectivity index (χ1v) is 11.6. The SMILES string of the molecule is COc1ccc(N2CCOCC2)c2sc(C3CN(c4ccccc4)CCN3C(N)=O)nc12. The number of benzene rings is 2. The van der Waals surface area contributed by atoms with Gasteiger partial charge in [0.15, 0.2) is 0 Å². The summed E-state index contributed by atoms with van der Waals surface area (Å²) in [5.74, 6) is 0.737. The van der Waals surface area contributed by atoms with Crippen LogP contribution in [0.3, 0.4) is 0 Å². The molecule has 1 unspecified atom stereocenters. The highest BCUT2D eigenvalue weighted by atomic mass is 32.1. The van der Waals surface area contributed by atoms with Gasteiger partial charge in [0.05, 0.1) is 30.7 Å². The van der Waals surface area contributed by atoms with Gasteiger partial charge in [-0.3, -0.25) is 0 Å². The summed E-state index contributed by atoms with van der Waals surface area (Å²) in [5.41, 5.74) is 8.87. The Balaban J connectivity index is 1.55. The molecule has 1 atom stereocenters. The lowest BCUT2D eigenvalue weighted by atomic mass is 10.1. The minimum absolute atomic E-state index is 0.221. The average molecular weight is 454 g/mol. The van der Waals surface area contributed by atoms with E-state index in [2.05, 4.69) is 28.0 Å². The van der Waals surface area contributed by atoms with E-state index in [0.717, 1.165) is 52.0 Å². The van der Waals surface area contributed by atoms with Gasteiger partial charge < -0.3 is 29.9 Å². The predicted molar refractivity (Wildman–Crippen MR) is 127 cm³/mol. The first-order chi connectivity index (χ1) is 15.7. The van der Waals surface area contributed by atoms with Crippen LogP contribution in [-0.4, -0.2) is 69.0 Å². The molecular formula is C23H27N5O3S. The molecule has 0 aliphatic carbocycles. The van der Waals surface area contributed by atoms with E-state index in [1.165, 1.54) is 0 Å². The Morgan fingerprint density at radius 3 is 2.59 bits per heavy atom. The number of hydrogen-bond donors (Lipinski definition) is 1. The van der Waals surface area contributed by atoms with E-state index in [0.29, 0.717) is 26.3 Å². The van der Waals surface area contributed by atoms with Gasteiger partial charge in [-0.2, -0.15) is 0 Å². The van der Waals surface area contributed by atoms with Crippen molar-refractivity contribution in [1.29, 1.82) is 0 Å². The third-order valence-electron chi connectivity index (χ3n) is 6.14. The molecule has 168 valence electrons. The topological polar surface area (TPSA) is 84.2 Å². The van der Waals surface area contributed by atoms with Gasteiger partial charge in [0, 0.05) is 38.4 Å².